The highest BCUT2D eigenvalue weighted by Crippen LogP contribution is 2.47. The standard InChI is InChI=1S/C23H21N3O3/c1-14-22(23(25-29-14)15-6-7-15)18-11-16-8-9-21(27)26(19(16)12-20(18)28-2)13-17-5-3-4-10-24-17/h3-5,8-12,15H,6-7,13H2,1-2H3. The molecule has 0 spiro atoms. The molecule has 1 saturated carbocycles. The Morgan fingerprint density at radius 3 is 2.79 bits per heavy atom. The third-order valence-corrected chi connectivity index (χ3v) is 5.48. The summed E-state index contributed by atoms with van der Waals surface area (Å²) < 4.78 is 13.0. The third kappa shape index (κ3) is 3.10. The maximum Gasteiger partial charge on any atom is 0.251 e. The van der Waals surface area contributed by atoms with E-state index in [2.05, 4.69) is 16.2 Å². The lowest BCUT2D eigenvalue weighted by Crippen LogP contribution is -2.20. The molecule has 0 bridgehead atoms. The van der Waals surface area contributed by atoms with Crippen LogP contribution in [-0.2, 0) is 6.54 Å². The van der Waals surface area contributed by atoms with Crippen molar-refractivity contribution in [3.05, 3.63) is 76.2 Å². The van der Waals surface area contributed by atoms with E-state index >= 15 is 0 Å². The first kappa shape index (κ1) is 17.7. The van der Waals surface area contributed by atoms with Crippen molar-refractivity contribution >= 4 is 10.9 Å². The van der Waals surface area contributed by atoms with Crippen LogP contribution in [0, 0.1) is 6.92 Å². The van der Waals surface area contributed by atoms with Crippen LogP contribution in [0.5, 0.6) is 5.75 Å². The van der Waals surface area contributed by atoms with Crippen molar-refractivity contribution in [1.29, 1.82) is 0 Å². The van der Waals surface area contributed by atoms with Crippen LogP contribution < -0.4 is 10.3 Å². The van der Waals surface area contributed by atoms with Gasteiger partial charge in [0.25, 0.3) is 5.56 Å². The van der Waals surface area contributed by atoms with Crippen LogP contribution in [-0.4, -0.2) is 21.8 Å². The molecule has 0 N–H and O–H groups in total. The first-order valence-electron chi connectivity index (χ1n) is 9.73. The highest BCUT2D eigenvalue weighted by atomic mass is 16.5. The Kier molecular flexibility index (Phi) is 4.19. The molecule has 4 aromatic rings. The average Bonchev–Trinajstić information content (AvgIpc) is 3.52. The quantitative estimate of drug-likeness (QED) is 0.511. The molecule has 3 heterocycles. The number of aryl methyl sites for hydroxylation is 1. The summed E-state index contributed by atoms with van der Waals surface area (Å²) in [6.07, 6.45) is 4.01. The van der Waals surface area contributed by atoms with Crippen LogP contribution in [0.4, 0.5) is 0 Å². The Balaban J connectivity index is 1.70. The van der Waals surface area contributed by atoms with Gasteiger partial charge in [-0.05, 0) is 49.4 Å². The van der Waals surface area contributed by atoms with E-state index in [0.717, 1.165) is 52.0 Å². The predicted octanol–water partition coefficient (Wildman–Crippen LogP) is 4.29. The molecule has 0 unspecified atom stereocenters. The first-order chi connectivity index (χ1) is 14.2. The lowest BCUT2D eigenvalue weighted by Gasteiger charge is -2.15. The molecule has 1 aliphatic carbocycles. The van der Waals surface area contributed by atoms with E-state index < -0.39 is 0 Å². The number of methoxy groups -OCH3 is 1. The monoisotopic (exact) mass is 387 g/mol. The van der Waals surface area contributed by atoms with E-state index in [9.17, 15) is 4.79 Å². The van der Waals surface area contributed by atoms with E-state index in [-0.39, 0.29) is 5.56 Å². The number of fused-ring (bicyclic) bond motifs is 1. The fourth-order valence-electron chi connectivity index (χ4n) is 3.86. The number of aromatic nitrogens is 3. The van der Waals surface area contributed by atoms with Gasteiger partial charge in [-0.25, -0.2) is 0 Å². The Morgan fingerprint density at radius 2 is 2.07 bits per heavy atom. The van der Waals surface area contributed by atoms with E-state index in [1.54, 1.807) is 23.9 Å². The second-order valence-corrected chi connectivity index (χ2v) is 7.46. The van der Waals surface area contributed by atoms with Crippen molar-refractivity contribution in [2.45, 2.75) is 32.2 Å². The maximum atomic E-state index is 12.6. The Morgan fingerprint density at radius 1 is 1.21 bits per heavy atom. The zero-order valence-electron chi connectivity index (χ0n) is 16.4. The van der Waals surface area contributed by atoms with Crippen molar-refractivity contribution < 1.29 is 9.26 Å². The van der Waals surface area contributed by atoms with E-state index in [1.165, 1.54) is 0 Å². The minimum absolute atomic E-state index is 0.0715. The van der Waals surface area contributed by atoms with Crippen molar-refractivity contribution in [2.24, 2.45) is 0 Å². The summed E-state index contributed by atoms with van der Waals surface area (Å²) in [5.74, 6) is 1.94. The van der Waals surface area contributed by atoms with Crippen LogP contribution in [0.3, 0.4) is 0 Å². The van der Waals surface area contributed by atoms with Crippen molar-refractivity contribution in [2.75, 3.05) is 7.11 Å². The lowest BCUT2D eigenvalue weighted by atomic mass is 9.98. The van der Waals surface area contributed by atoms with E-state index in [1.807, 2.05) is 37.3 Å². The van der Waals surface area contributed by atoms with Crippen LogP contribution in [0.25, 0.3) is 22.0 Å². The lowest BCUT2D eigenvalue weighted by molar-refractivity contribution is 0.391. The molecule has 6 heteroatoms. The third-order valence-electron chi connectivity index (χ3n) is 5.48. The molecule has 0 aliphatic heterocycles. The van der Waals surface area contributed by atoms with Crippen LogP contribution in [0.1, 0.15) is 35.9 Å². The van der Waals surface area contributed by atoms with Gasteiger partial charge in [0.2, 0.25) is 0 Å². The molecule has 0 radical (unpaired) electrons. The second-order valence-electron chi connectivity index (χ2n) is 7.46. The molecule has 1 aliphatic rings. The topological polar surface area (TPSA) is 70.2 Å². The number of ether oxygens (including phenoxy) is 1. The van der Waals surface area contributed by atoms with Gasteiger partial charge in [-0.15, -0.1) is 0 Å². The normalized spacial score (nSPS) is 13.7. The van der Waals surface area contributed by atoms with Gasteiger partial charge in [-0.2, -0.15) is 0 Å². The molecular weight excluding hydrogens is 366 g/mol. The summed E-state index contributed by atoms with van der Waals surface area (Å²) in [7, 11) is 1.65. The minimum atomic E-state index is -0.0715. The molecule has 146 valence electrons. The smallest absolute Gasteiger partial charge is 0.251 e. The van der Waals surface area contributed by atoms with Gasteiger partial charge < -0.3 is 13.8 Å². The Bertz CT molecular complexity index is 1250. The van der Waals surface area contributed by atoms with Gasteiger partial charge in [0.15, 0.2) is 0 Å². The SMILES string of the molecule is COc1cc2c(ccc(=O)n2Cc2ccccn2)cc1-c1c(C2CC2)noc1C. The number of rotatable bonds is 5. The van der Waals surface area contributed by atoms with Gasteiger partial charge in [-0.3, -0.25) is 9.78 Å². The summed E-state index contributed by atoms with van der Waals surface area (Å²) in [6.45, 7) is 2.33. The number of pyridine rings is 2. The summed E-state index contributed by atoms with van der Waals surface area (Å²) >= 11 is 0. The summed E-state index contributed by atoms with van der Waals surface area (Å²) in [5, 5.41) is 5.26. The Labute approximate surface area is 167 Å². The van der Waals surface area contributed by atoms with Gasteiger partial charge in [0.05, 0.1) is 36.1 Å². The molecule has 3 aromatic heterocycles. The number of hydrogen-bond donors (Lipinski definition) is 0. The molecule has 1 fully saturated rings. The zero-order valence-corrected chi connectivity index (χ0v) is 16.4. The molecule has 5 rings (SSSR count). The zero-order chi connectivity index (χ0) is 20.0. The van der Waals surface area contributed by atoms with E-state index in [0.29, 0.717) is 18.2 Å². The largest absolute Gasteiger partial charge is 0.496 e. The maximum absolute atomic E-state index is 12.6. The molecular formula is C23H21N3O3. The molecule has 0 saturated heterocycles. The molecule has 29 heavy (non-hydrogen) atoms. The minimum Gasteiger partial charge on any atom is -0.496 e. The number of nitrogens with zero attached hydrogens (tertiary/aromatic N) is 3. The predicted molar refractivity (Wildman–Crippen MR) is 110 cm³/mol. The highest BCUT2D eigenvalue weighted by molar-refractivity contribution is 5.89. The molecule has 0 amide bonds. The second kappa shape index (κ2) is 6.88. The highest BCUT2D eigenvalue weighted by Gasteiger charge is 2.32. The average molecular weight is 387 g/mol. The van der Waals surface area contributed by atoms with Gasteiger partial charge in [0.1, 0.15) is 11.5 Å². The van der Waals surface area contributed by atoms with Gasteiger partial charge in [0, 0.05) is 29.8 Å². The fraction of sp³-hybridized carbons (Fsp3) is 0.261. The van der Waals surface area contributed by atoms with Gasteiger partial charge >= 0.3 is 0 Å². The van der Waals surface area contributed by atoms with Crippen LogP contribution >= 0.6 is 0 Å². The van der Waals surface area contributed by atoms with Gasteiger partial charge in [-0.1, -0.05) is 11.2 Å². The molecule has 6 nitrogen and oxygen atoms in total. The molecule has 0 atom stereocenters. The summed E-state index contributed by atoms with van der Waals surface area (Å²) in [4.78, 5) is 17.0. The summed E-state index contributed by atoms with van der Waals surface area (Å²) in [6, 6.07) is 13.2. The summed E-state index contributed by atoms with van der Waals surface area (Å²) in [5.41, 5.74) is 4.53. The van der Waals surface area contributed by atoms with Crippen LogP contribution in [0.2, 0.25) is 0 Å². The first-order valence-corrected chi connectivity index (χ1v) is 9.73. The molecule has 1 aromatic carbocycles. The number of hydrogen-bond acceptors (Lipinski definition) is 5. The van der Waals surface area contributed by atoms with Crippen LogP contribution in [0.15, 0.2) is 58.0 Å². The van der Waals surface area contributed by atoms with Crippen molar-refractivity contribution in [1.82, 2.24) is 14.7 Å². The van der Waals surface area contributed by atoms with Crippen molar-refractivity contribution in [3.63, 3.8) is 0 Å². The fourth-order valence-corrected chi connectivity index (χ4v) is 3.86. The van der Waals surface area contributed by atoms with Crippen molar-refractivity contribution in [3.8, 4) is 16.9 Å². The van der Waals surface area contributed by atoms with E-state index in [4.69, 9.17) is 9.26 Å². The Hall–Kier alpha value is -3.41. The number of benzene rings is 1.